The lowest BCUT2D eigenvalue weighted by molar-refractivity contribution is -0.121. The number of carbonyl (C=O) groups is 1. The van der Waals surface area contributed by atoms with Crippen molar-refractivity contribution in [1.29, 1.82) is 0 Å². The molecule has 1 fully saturated rings. The van der Waals surface area contributed by atoms with Crippen molar-refractivity contribution in [3.8, 4) is 0 Å². The van der Waals surface area contributed by atoms with Gasteiger partial charge in [0.1, 0.15) is 0 Å². The van der Waals surface area contributed by atoms with Crippen molar-refractivity contribution in [2.75, 3.05) is 11.9 Å². The normalized spacial score (nSPS) is 17.1. The molecule has 0 radical (unpaired) electrons. The van der Waals surface area contributed by atoms with Crippen LogP contribution in [0.5, 0.6) is 0 Å². The fourth-order valence-corrected chi connectivity index (χ4v) is 3.26. The van der Waals surface area contributed by atoms with E-state index in [1.54, 1.807) is 0 Å². The third-order valence-electron chi connectivity index (χ3n) is 4.47. The van der Waals surface area contributed by atoms with Crippen molar-refractivity contribution < 1.29 is 4.79 Å². The molecule has 4 heteroatoms. The fourth-order valence-electron chi connectivity index (χ4n) is 3.26. The van der Waals surface area contributed by atoms with Gasteiger partial charge < -0.3 is 11.1 Å². The number of nitrogens with one attached hydrogen (secondary N) is 1. The fraction of sp³-hybridized carbons (Fsp3) is 0.588. The smallest absolute Gasteiger partial charge is 0.241 e. The predicted molar refractivity (Wildman–Crippen MR) is 87.1 cm³/mol. The highest BCUT2D eigenvalue weighted by Gasteiger charge is 2.28. The number of benzene rings is 1. The Morgan fingerprint density at radius 3 is 2.76 bits per heavy atom. The van der Waals surface area contributed by atoms with E-state index >= 15 is 0 Å². The largest absolute Gasteiger partial charge is 0.326 e. The van der Waals surface area contributed by atoms with Crippen molar-refractivity contribution in [3.05, 3.63) is 29.8 Å². The zero-order valence-corrected chi connectivity index (χ0v) is 13.1. The highest BCUT2D eigenvalue weighted by Crippen LogP contribution is 2.25. The number of hydrogen-bond donors (Lipinski definition) is 2. The van der Waals surface area contributed by atoms with Gasteiger partial charge in [0, 0.05) is 18.3 Å². The van der Waals surface area contributed by atoms with Gasteiger partial charge in [-0.1, -0.05) is 31.9 Å². The first-order valence-electron chi connectivity index (χ1n) is 8.01. The molecule has 0 heterocycles. The van der Waals surface area contributed by atoms with Crippen LogP contribution in [0.3, 0.4) is 0 Å². The van der Waals surface area contributed by atoms with E-state index in [4.69, 9.17) is 5.73 Å². The standard InChI is InChI=1S/C17H27N3O/c1-3-20(16-9-4-5-10-16)13(2)17(21)19-15-8-6-7-14(11-15)12-18/h6-8,11,13,16H,3-5,9-10,12,18H2,1-2H3,(H,19,21). The minimum absolute atomic E-state index is 0.0675. The van der Waals surface area contributed by atoms with Gasteiger partial charge in [-0.2, -0.15) is 0 Å². The second-order valence-corrected chi connectivity index (χ2v) is 5.84. The molecule has 0 aromatic heterocycles. The van der Waals surface area contributed by atoms with Crippen LogP contribution in [0.25, 0.3) is 0 Å². The number of rotatable bonds is 6. The molecule has 1 atom stereocenters. The van der Waals surface area contributed by atoms with Crippen LogP contribution in [-0.2, 0) is 11.3 Å². The molecule has 1 aromatic rings. The molecule has 4 nitrogen and oxygen atoms in total. The number of nitrogens with two attached hydrogens (primary N) is 1. The maximum atomic E-state index is 12.5. The van der Waals surface area contributed by atoms with Crippen LogP contribution >= 0.6 is 0 Å². The lowest BCUT2D eigenvalue weighted by Gasteiger charge is -2.32. The second kappa shape index (κ2) is 7.57. The Kier molecular flexibility index (Phi) is 5.76. The summed E-state index contributed by atoms with van der Waals surface area (Å²) in [5.74, 6) is 0.0675. The summed E-state index contributed by atoms with van der Waals surface area (Å²) in [7, 11) is 0. The van der Waals surface area contributed by atoms with Gasteiger partial charge in [-0.3, -0.25) is 9.69 Å². The zero-order chi connectivity index (χ0) is 15.2. The summed E-state index contributed by atoms with van der Waals surface area (Å²) in [6.07, 6.45) is 5.00. The van der Waals surface area contributed by atoms with Gasteiger partial charge >= 0.3 is 0 Å². The summed E-state index contributed by atoms with van der Waals surface area (Å²) in [5, 5.41) is 3.02. The molecule has 1 aliphatic carbocycles. The first kappa shape index (κ1) is 16.0. The van der Waals surface area contributed by atoms with Crippen LogP contribution in [0, 0.1) is 0 Å². The number of nitrogens with zero attached hydrogens (tertiary/aromatic N) is 1. The Hall–Kier alpha value is -1.39. The van der Waals surface area contributed by atoms with Crippen molar-refractivity contribution in [3.63, 3.8) is 0 Å². The molecule has 0 aliphatic heterocycles. The summed E-state index contributed by atoms with van der Waals surface area (Å²) in [6, 6.07) is 8.21. The van der Waals surface area contributed by atoms with Gasteiger partial charge in [0.25, 0.3) is 0 Å². The third-order valence-corrected chi connectivity index (χ3v) is 4.47. The third kappa shape index (κ3) is 4.05. The average Bonchev–Trinajstić information content (AvgIpc) is 3.02. The van der Waals surface area contributed by atoms with Crippen molar-refractivity contribution in [1.82, 2.24) is 4.90 Å². The Bertz CT molecular complexity index is 469. The molecule has 21 heavy (non-hydrogen) atoms. The molecular weight excluding hydrogens is 262 g/mol. The lowest BCUT2D eigenvalue weighted by atomic mass is 10.1. The van der Waals surface area contributed by atoms with Gasteiger partial charge in [0.2, 0.25) is 5.91 Å². The summed E-state index contributed by atoms with van der Waals surface area (Å²) in [6.45, 7) is 5.55. The molecule has 0 bridgehead atoms. The van der Waals surface area contributed by atoms with Crippen LogP contribution in [0.4, 0.5) is 5.69 Å². The topological polar surface area (TPSA) is 58.4 Å². The minimum atomic E-state index is -0.0976. The number of hydrogen-bond acceptors (Lipinski definition) is 3. The number of likely N-dealkylation sites (N-methyl/N-ethyl adjacent to an activating group) is 1. The SMILES string of the molecule is CCN(C1CCCC1)C(C)C(=O)Nc1cccc(CN)c1. The molecule has 1 amide bonds. The molecule has 0 saturated heterocycles. The van der Waals surface area contributed by atoms with E-state index in [2.05, 4.69) is 17.1 Å². The number of anilines is 1. The number of carbonyl (C=O) groups excluding carboxylic acids is 1. The minimum Gasteiger partial charge on any atom is -0.326 e. The maximum Gasteiger partial charge on any atom is 0.241 e. The van der Waals surface area contributed by atoms with Crippen LogP contribution in [-0.4, -0.2) is 29.4 Å². The van der Waals surface area contributed by atoms with Crippen molar-refractivity contribution in [2.45, 2.75) is 58.2 Å². The van der Waals surface area contributed by atoms with E-state index in [1.807, 2.05) is 31.2 Å². The monoisotopic (exact) mass is 289 g/mol. The molecule has 2 rings (SSSR count). The molecule has 1 unspecified atom stereocenters. The first-order chi connectivity index (χ1) is 10.2. The highest BCUT2D eigenvalue weighted by atomic mass is 16.2. The molecular formula is C17H27N3O. The second-order valence-electron chi connectivity index (χ2n) is 5.84. The van der Waals surface area contributed by atoms with E-state index in [-0.39, 0.29) is 11.9 Å². The molecule has 1 saturated carbocycles. The summed E-state index contributed by atoms with van der Waals surface area (Å²) in [4.78, 5) is 14.8. The molecule has 1 aliphatic rings. The van der Waals surface area contributed by atoms with Gasteiger partial charge in [0.15, 0.2) is 0 Å². The predicted octanol–water partition coefficient (Wildman–Crippen LogP) is 2.74. The molecule has 3 N–H and O–H groups in total. The average molecular weight is 289 g/mol. The Morgan fingerprint density at radius 1 is 1.43 bits per heavy atom. The highest BCUT2D eigenvalue weighted by molar-refractivity contribution is 5.94. The quantitative estimate of drug-likeness (QED) is 0.846. The Labute approximate surface area is 127 Å². The van der Waals surface area contributed by atoms with E-state index in [0.717, 1.165) is 17.8 Å². The van der Waals surface area contributed by atoms with E-state index in [1.165, 1.54) is 25.7 Å². The first-order valence-corrected chi connectivity index (χ1v) is 8.01. The number of amides is 1. The van der Waals surface area contributed by atoms with Crippen LogP contribution in [0.1, 0.15) is 45.1 Å². The van der Waals surface area contributed by atoms with E-state index in [9.17, 15) is 4.79 Å². The van der Waals surface area contributed by atoms with Crippen molar-refractivity contribution >= 4 is 11.6 Å². The summed E-state index contributed by atoms with van der Waals surface area (Å²) in [5.41, 5.74) is 7.50. The van der Waals surface area contributed by atoms with Crippen LogP contribution in [0.2, 0.25) is 0 Å². The summed E-state index contributed by atoms with van der Waals surface area (Å²) >= 11 is 0. The van der Waals surface area contributed by atoms with Gasteiger partial charge in [-0.15, -0.1) is 0 Å². The van der Waals surface area contributed by atoms with E-state index in [0.29, 0.717) is 12.6 Å². The van der Waals surface area contributed by atoms with Gasteiger partial charge in [-0.25, -0.2) is 0 Å². The van der Waals surface area contributed by atoms with Gasteiger partial charge in [0.05, 0.1) is 6.04 Å². The van der Waals surface area contributed by atoms with Crippen molar-refractivity contribution in [2.24, 2.45) is 5.73 Å². The lowest BCUT2D eigenvalue weighted by Crippen LogP contribution is -2.46. The summed E-state index contributed by atoms with van der Waals surface area (Å²) < 4.78 is 0. The molecule has 116 valence electrons. The van der Waals surface area contributed by atoms with E-state index < -0.39 is 0 Å². The zero-order valence-electron chi connectivity index (χ0n) is 13.1. The van der Waals surface area contributed by atoms with Crippen LogP contribution < -0.4 is 11.1 Å². The molecule has 1 aromatic carbocycles. The Balaban J connectivity index is 2.00. The molecule has 0 spiro atoms. The Morgan fingerprint density at radius 2 is 2.14 bits per heavy atom. The van der Waals surface area contributed by atoms with Gasteiger partial charge in [-0.05, 0) is 44.0 Å². The van der Waals surface area contributed by atoms with Crippen LogP contribution in [0.15, 0.2) is 24.3 Å². The maximum absolute atomic E-state index is 12.5.